The number of hydrogen-bond donors (Lipinski definition) is 1. The van der Waals surface area contributed by atoms with Crippen LogP contribution in [0.15, 0.2) is 48.5 Å². The second-order valence-corrected chi connectivity index (χ2v) is 6.54. The molecule has 0 saturated carbocycles. The summed E-state index contributed by atoms with van der Waals surface area (Å²) in [5, 5.41) is 0. The molecule has 0 fully saturated rings. The first-order valence-corrected chi connectivity index (χ1v) is 8.65. The SMILES string of the molecule is CCc1cccc(NS(C)(=O)=O)c1OCc1ccccc1. The maximum atomic E-state index is 11.5. The minimum atomic E-state index is -3.34. The highest BCUT2D eigenvalue weighted by Gasteiger charge is 2.12. The van der Waals surface area contributed by atoms with Crippen LogP contribution in [0.4, 0.5) is 5.69 Å². The second-order valence-electron chi connectivity index (χ2n) is 4.80. The van der Waals surface area contributed by atoms with Crippen LogP contribution in [0.5, 0.6) is 5.75 Å². The zero-order valence-corrected chi connectivity index (χ0v) is 13.0. The molecule has 1 N–H and O–H groups in total. The van der Waals surface area contributed by atoms with Crippen LogP contribution in [0, 0.1) is 0 Å². The van der Waals surface area contributed by atoms with Gasteiger partial charge in [0.15, 0.2) is 0 Å². The Morgan fingerprint density at radius 2 is 1.76 bits per heavy atom. The van der Waals surface area contributed by atoms with Crippen LogP contribution >= 0.6 is 0 Å². The number of hydrogen-bond acceptors (Lipinski definition) is 3. The lowest BCUT2D eigenvalue weighted by molar-refractivity contribution is 0.305. The molecule has 4 nitrogen and oxygen atoms in total. The van der Waals surface area contributed by atoms with Crippen LogP contribution in [0.2, 0.25) is 0 Å². The van der Waals surface area contributed by atoms with Crippen molar-refractivity contribution in [1.82, 2.24) is 0 Å². The molecular weight excluding hydrogens is 286 g/mol. The third-order valence-electron chi connectivity index (χ3n) is 3.00. The van der Waals surface area contributed by atoms with Gasteiger partial charge in [0.1, 0.15) is 12.4 Å². The van der Waals surface area contributed by atoms with Gasteiger partial charge in [-0.25, -0.2) is 8.42 Å². The van der Waals surface area contributed by atoms with Gasteiger partial charge in [0.2, 0.25) is 10.0 Å². The maximum absolute atomic E-state index is 11.5. The van der Waals surface area contributed by atoms with Crippen LogP contribution in [-0.2, 0) is 23.1 Å². The lowest BCUT2D eigenvalue weighted by Gasteiger charge is -2.15. The summed E-state index contributed by atoms with van der Waals surface area (Å²) in [7, 11) is -3.34. The van der Waals surface area contributed by atoms with Gasteiger partial charge in [-0.05, 0) is 23.6 Å². The van der Waals surface area contributed by atoms with Gasteiger partial charge in [-0.1, -0.05) is 49.4 Å². The van der Waals surface area contributed by atoms with Gasteiger partial charge in [0.25, 0.3) is 0 Å². The molecule has 0 aliphatic heterocycles. The van der Waals surface area contributed by atoms with Gasteiger partial charge in [-0.2, -0.15) is 0 Å². The van der Waals surface area contributed by atoms with Crippen molar-refractivity contribution >= 4 is 15.7 Å². The second kappa shape index (κ2) is 6.63. The molecule has 112 valence electrons. The molecule has 0 unspecified atom stereocenters. The molecule has 2 rings (SSSR count). The molecule has 21 heavy (non-hydrogen) atoms. The van der Waals surface area contributed by atoms with Crippen molar-refractivity contribution in [3.8, 4) is 5.75 Å². The number of nitrogens with one attached hydrogen (secondary N) is 1. The number of aryl methyl sites for hydroxylation is 1. The molecule has 0 aliphatic carbocycles. The first-order valence-electron chi connectivity index (χ1n) is 6.76. The zero-order valence-electron chi connectivity index (χ0n) is 12.2. The molecule has 0 amide bonds. The summed E-state index contributed by atoms with van der Waals surface area (Å²) in [6, 6.07) is 15.2. The van der Waals surface area contributed by atoms with E-state index in [1.165, 1.54) is 0 Å². The molecular formula is C16H19NO3S. The van der Waals surface area contributed by atoms with Crippen LogP contribution in [0.1, 0.15) is 18.1 Å². The summed E-state index contributed by atoms with van der Waals surface area (Å²) in [5.41, 5.74) is 2.49. The van der Waals surface area contributed by atoms with E-state index in [0.29, 0.717) is 18.0 Å². The van der Waals surface area contributed by atoms with Crippen molar-refractivity contribution in [3.05, 3.63) is 59.7 Å². The summed E-state index contributed by atoms with van der Waals surface area (Å²) in [5.74, 6) is 0.592. The van der Waals surface area contributed by atoms with E-state index >= 15 is 0 Å². The van der Waals surface area contributed by atoms with E-state index in [1.807, 2.05) is 49.4 Å². The third kappa shape index (κ3) is 4.49. The van der Waals surface area contributed by atoms with E-state index in [2.05, 4.69) is 4.72 Å². The van der Waals surface area contributed by atoms with E-state index in [9.17, 15) is 8.42 Å². The highest BCUT2D eigenvalue weighted by Crippen LogP contribution is 2.30. The first kappa shape index (κ1) is 15.4. The van der Waals surface area contributed by atoms with Crippen LogP contribution in [0.25, 0.3) is 0 Å². The average molecular weight is 305 g/mol. The highest BCUT2D eigenvalue weighted by molar-refractivity contribution is 7.92. The van der Waals surface area contributed by atoms with E-state index < -0.39 is 10.0 Å². The van der Waals surface area contributed by atoms with Gasteiger partial charge < -0.3 is 4.74 Å². The predicted octanol–water partition coefficient (Wildman–Crippen LogP) is 3.20. The number of para-hydroxylation sites is 1. The van der Waals surface area contributed by atoms with Gasteiger partial charge in [-0.15, -0.1) is 0 Å². The van der Waals surface area contributed by atoms with Crippen LogP contribution in [-0.4, -0.2) is 14.7 Å². The fourth-order valence-electron chi connectivity index (χ4n) is 2.04. The number of anilines is 1. The Kier molecular flexibility index (Phi) is 4.85. The Balaban J connectivity index is 2.27. The number of benzene rings is 2. The average Bonchev–Trinajstić information content (AvgIpc) is 2.45. The molecule has 0 atom stereocenters. The Morgan fingerprint density at radius 1 is 1.05 bits per heavy atom. The molecule has 0 aliphatic rings. The van der Waals surface area contributed by atoms with E-state index in [0.717, 1.165) is 23.8 Å². The molecule has 5 heteroatoms. The first-order chi connectivity index (χ1) is 9.99. The molecule has 0 spiro atoms. The standard InChI is InChI=1S/C16H19NO3S/c1-3-14-10-7-11-15(17-21(2,18)19)16(14)20-12-13-8-5-4-6-9-13/h4-11,17H,3,12H2,1-2H3. The monoisotopic (exact) mass is 305 g/mol. The molecule has 0 saturated heterocycles. The van der Waals surface area contributed by atoms with Crippen molar-refractivity contribution in [3.63, 3.8) is 0 Å². The number of ether oxygens (including phenoxy) is 1. The highest BCUT2D eigenvalue weighted by atomic mass is 32.2. The summed E-state index contributed by atoms with van der Waals surface area (Å²) < 4.78 is 31.3. The van der Waals surface area contributed by atoms with Gasteiger partial charge in [0, 0.05) is 0 Å². The van der Waals surface area contributed by atoms with Gasteiger partial charge in [-0.3, -0.25) is 4.72 Å². The topological polar surface area (TPSA) is 55.4 Å². The molecule has 2 aromatic rings. The summed E-state index contributed by atoms with van der Waals surface area (Å²) >= 11 is 0. The number of sulfonamides is 1. The number of rotatable bonds is 6. The van der Waals surface area contributed by atoms with Crippen molar-refractivity contribution in [2.24, 2.45) is 0 Å². The van der Waals surface area contributed by atoms with Gasteiger partial charge >= 0.3 is 0 Å². The van der Waals surface area contributed by atoms with Crippen molar-refractivity contribution in [2.45, 2.75) is 20.0 Å². The largest absolute Gasteiger partial charge is 0.486 e. The fourth-order valence-corrected chi connectivity index (χ4v) is 2.60. The van der Waals surface area contributed by atoms with Gasteiger partial charge in [0.05, 0.1) is 11.9 Å². The molecule has 0 heterocycles. The normalized spacial score (nSPS) is 11.1. The Hall–Kier alpha value is -2.01. The van der Waals surface area contributed by atoms with E-state index in [-0.39, 0.29) is 0 Å². The lowest BCUT2D eigenvalue weighted by Crippen LogP contribution is -2.11. The lowest BCUT2D eigenvalue weighted by atomic mass is 10.1. The van der Waals surface area contributed by atoms with Crippen molar-refractivity contribution in [1.29, 1.82) is 0 Å². The van der Waals surface area contributed by atoms with Crippen LogP contribution in [0.3, 0.4) is 0 Å². The summed E-state index contributed by atoms with van der Waals surface area (Å²) in [6.07, 6.45) is 1.90. The maximum Gasteiger partial charge on any atom is 0.229 e. The minimum Gasteiger partial charge on any atom is -0.486 e. The molecule has 0 aromatic heterocycles. The quantitative estimate of drug-likeness (QED) is 0.891. The van der Waals surface area contributed by atoms with Crippen molar-refractivity contribution < 1.29 is 13.2 Å². The molecule has 2 aromatic carbocycles. The predicted molar refractivity (Wildman–Crippen MR) is 85.1 cm³/mol. The van der Waals surface area contributed by atoms with Crippen LogP contribution < -0.4 is 9.46 Å². The Morgan fingerprint density at radius 3 is 2.38 bits per heavy atom. The fraction of sp³-hybridized carbons (Fsp3) is 0.250. The molecule has 0 bridgehead atoms. The molecule has 0 radical (unpaired) electrons. The zero-order chi connectivity index (χ0) is 15.3. The Bertz CT molecular complexity index is 697. The summed E-state index contributed by atoms with van der Waals surface area (Å²) in [6.45, 7) is 2.41. The summed E-state index contributed by atoms with van der Waals surface area (Å²) in [4.78, 5) is 0. The minimum absolute atomic E-state index is 0.399. The van der Waals surface area contributed by atoms with Crippen molar-refractivity contribution in [2.75, 3.05) is 11.0 Å². The Labute approximate surface area is 125 Å². The van der Waals surface area contributed by atoms with E-state index in [4.69, 9.17) is 4.74 Å². The van der Waals surface area contributed by atoms with E-state index in [1.54, 1.807) is 6.07 Å². The third-order valence-corrected chi connectivity index (χ3v) is 3.59. The smallest absolute Gasteiger partial charge is 0.229 e.